The zero-order valence-corrected chi connectivity index (χ0v) is 10.8. The van der Waals surface area contributed by atoms with E-state index in [9.17, 15) is 13.6 Å². The number of halogens is 2. The summed E-state index contributed by atoms with van der Waals surface area (Å²) in [6, 6.07) is 0. The highest BCUT2D eigenvalue weighted by atomic mass is 32.2. The van der Waals surface area contributed by atoms with Crippen LogP contribution < -0.4 is 5.32 Å². The van der Waals surface area contributed by atoms with Crippen molar-refractivity contribution >= 4 is 34.2 Å². The average Bonchev–Trinajstić information content (AvgIpc) is 2.73. The summed E-state index contributed by atoms with van der Waals surface area (Å²) < 4.78 is 28.6. The molecule has 0 aliphatic rings. The number of anilines is 1. The standard InChI is InChI=1S/C8H11F2N3O3S2/c9-5(10)3-16-2-1-11-7-12-13-8(18-7)17-4-6(14)15/h5H,1-4H2,(H,11,12)(H,14,15). The third-order valence-corrected chi connectivity index (χ3v) is 3.49. The Morgan fingerprint density at radius 3 is 3.00 bits per heavy atom. The quantitative estimate of drug-likeness (QED) is 0.527. The van der Waals surface area contributed by atoms with Gasteiger partial charge in [0.2, 0.25) is 5.13 Å². The number of thioether (sulfide) groups is 1. The molecule has 0 aromatic carbocycles. The fourth-order valence-electron chi connectivity index (χ4n) is 0.866. The molecule has 0 saturated heterocycles. The number of nitrogens with zero attached hydrogens (tertiary/aromatic N) is 2. The molecule has 1 heterocycles. The SMILES string of the molecule is O=C(O)CSc1nnc(NCCOCC(F)F)s1. The average molecular weight is 299 g/mol. The van der Waals surface area contributed by atoms with Gasteiger partial charge in [0, 0.05) is 6.54 Å². The van der Waals surface area contributed by atoms with Gasteiger partial charge in [-0.25, -0.2) is 8.78 Å². The fraction of sp³-hybridized carbons (Fsp3) is 0.625. The van der Waals surface area contributed by atoms with Crippen molar-refractivity contribution in [2.45, 2.75) is 10.8 Å². The largest absolute Gasteiger partial charge is 0.481 e. The lowest BCUT2D eigenvalue weighted by Crippen LogP contribution is -2.12. The predicted octanol–water partition coefficient (Wildman–Crippen LogP) is 1.41. The van der Waals surface area contributed by atoms with Crippen molar-refractivity contribution in [3.8, 4) is 0 Å². The molecule has 18 heavy (non-hydrogen) atoms. The van der Waals surface area contributed by atoms with Gasteiger partial charge in [0.15, 0.2) is 4.34 Å². The lowest BCUT2D eigenvalue weighted by molar-refractivity contribution is -0.133. The molecule has 0 amide bonds. The Labute approximate surface area is 110 Å². The van der Waals surface area contributed by atoms with Crippen molar-refractivity contribution in [1.29, 1.82) is 0 Å². The Balaban J connectivity index is 2.17. The van der Waals surface area contributed by atoms with E-state index in [0.717, 1.165) is 11.8 Å². The minimum absolute atomic E-state index is 0.0772. The van der Waals surface area contributed by atoms with Crippen molar-refractivity contribution in [2.24, 2.45) is 0 Å². The smallest absolute Gasteiger partial charge is 0.313 e. The van der Waals surface area contributed by atoms with E-state index in [1.54, 1.807) is 0 Å². The molecule has 0 unspecified atom stereocenters. The Kier molecular flexibility index (Phi) is 6.83. The van der Waals surface area contributed by atoms with Crippen LogP contribution in [0.5, 0.6) is 0 Å². The van der Waals surface area contributed by atoms with Crippen LogP contribution in [0.2, 0.25) is 0 Å². The van der Waals surface area contributed by atoms with Crippen LogP contribution in [-0.4, -0.2) is 53.2 Å². The van der Waals surface area contributed by atoms with Gasteiger partial charge in [0.1, 0.15) is 6.61 Å². The van der Waals surface area contributed by atoms with Crippen molar-refractivity contribution in [3.63, 3.8) is 0 Å². The Morgan fingerprint density at radius 2 is 2.33 bits per heavy atom. The molecule has 0 aliphatic carbocycles. The second kappa shape index (κ2) is 8.16. The molecular formula is C8H11F2N3O3S2. The molecular weight excluding hydrogens is 288 g/mol. The molecule has 10 heteroatoms. The third-order valence-electron chi connectivity index (χ3n) is 1.49. The number of rotatable bonds is 9. The molecule has 1 rings (SSSR count). The van der Waals surface area contributed by atoms with E-state index in [-0.39, 0.29) is 12.4 Å². The molecule has 0 radical (unpaired) electrons. The normalized spacial score (nSPS) is 10.8. The number of carboxylic acids is 1. The number of hydrogen-bond acceptors (Lipinski definition) is 7. The summed E-state index contributed by atoms with van der Waals surface area (Å²) in [5.41, 5.74) is 0. The highest BCUT2D eigenvalue weighted by Gasteiger charge is 2.07. The summed E-state index contributed by atoms with van der Waals surface area (Å²) >= 11 is 2.27. The number of ether oxygens (including phenoxy) is 1. The number of carboxylic acid groups (broad SMARTS) is 1. The van der Waals surface area contributed by atoms with Crippen LogP contribution >= 0.6 is 23.1 Å². The first kappa shape index (κ1) is 15.1. The van der Waals surface area contributed by atoms with E-state index in [1.165, 1.54) is 11.3 Å². The molecule has 6 nitrogen and oxygen atoms in total. The van der Waals surface area contributed by atoms with E-state index in [2.05, 4.69) is 20.3 Å². The van der Waals surface area contributed by atoms with Crippen molar-refractivity contribution < 1.29 is 23.4 Å². The van der Waals surface area contributed by atoms with Gasteiger partial charge in [-0.3, -0.25) is 4.79 Å². The second-order valence-corrected chi connectivity index (χ2v) is 5.15. The van der Waals surface area contributed by atoms with Crippen molar-refractivity contribution in [3.05, 3.63) is 0 Å². The predicted molar refractivity (Wildman–Crippen MR) is 63.6 cm³/mol. The number of aromatic nitrogens is 2. The summed E-state index contributed by atoms with van der Waals surface area (Å²) in [4.78, 5) is 10.3. The zero-order chi connectivity index (χ0) is 13.4. The van der Waals surface area contributed by atoms with Crippen LogP contribution in [0.25, 0.3) is 0 Å². The van der Waals surface area contributed by atoms with Crippen LogP contribution in [0.1, 0.15) is 0 Å². The van der Waals surface area contributed by atoms with E-state index in [0.29, 0.717) is 16.0 Å². The van der Waals surface area contributed by atoms with Gasteiger partial charge in [-0.1, -0.05) is 23.1 Å². The highest BCUT2D eigenvalue weighted by Crippen LogP contribution is 2.24. The maximum atomic E-state index is 11.7. The molecule has 1 aromatic heterocycles. The van der Waals surface area contributed by atoms with Crippen LogP contribution in [0.15, 0.2) is 4.34 Å². The van der Waals surface area contributed by atoms with Gasteiger partial charge < -0.3 is 15.2 Å². The van der Waals surface area contributed by atoms with Crippen molar-refractivity contribution in [1.82, 2.24) is 10.2 Å². The lowest BCUT2D eigenvalue weighted by atomic mass is 10.7. The number of aliphatic carboxylic acids is 1. The Hall–Kier alpha value is -1.00. The minimum atomic E-state index is -2.47. The first-order chi connectivity index (χ1) is 8.58. The zero-order valence-electron chi connectivity index (χ0n) is 9.14. The summed E-state index contributed by atoms with van der Waals surface area (Å²) in [6.45, 7) is -0.107. The molecule has 0 bridgehead atoms. The van der Waals surface area contributed by atoms with Crippen LogP contribution in [0.4, 0.5) is 13.9 Å². The van der Waals surface area contributed by atoms with Gasteiger partial charge in [0.05, 0.1) is 12.4 Å². The molecule has 0 spiro atoms. The maximum Gasteiger partial charge on any atom is 0.313 e. The minimum Gasteiger partial charge on any atom is -0.481 e. The summed E-state index contributed by atoms with van der Waals surface area (Å²) in [6.07, 6.45) is -2.47. The van der Waals surface area contributed by atoms with Gasteiger partial charge in [-0.05, 0) is 0 Å². The van der Waals surface area contributed by atoms with Gasteiger partial charge in [0.25, 0.3) is 6.43 Å². The van der Waals surface area contributed by atoms with Crippen molar-refractivity contribution in [2.75, 3.05) is 30.8 Å². The molecule has 0 aliphatic heterocycles. The highest BCUT2D eigenvalue weighted by molar-refractivity contribution is 8.01. The summed E-state index contributed by atoms with van der Waals surface area (Å²) in [5.74, 6) is -1.00. The molecule has 102 valence electrons. The first-order valence-corrected chi connectivity index (χ1v) is 6.66. The van der Waals surface area contributed by atoms with E-state index in [4.69, 9.17) is 5.11 Å². The topological polar surface area (TPSA) is 84.3 Å². The Bertz CT molecular complexity index is 378. The summed E-state index contributed by atoms with van der Waals surface area (Å²) in [7, 11) is 0. The monoisotopic (exact) mass is 299 g/mol. The van der Waals surface area contributed by atoms with Gasteiger partial charge >= 0.3 is 5.97 Å². The third kappa shape index (κ3) is 6.67. The second-order valence-electron chi connectivity index (χ2n) is 2.95. The molecule has 0 fully saturated rings. The van der Waals surface area contributed by atoms with Crippen LogP contribution in [-0.2, 0) is 9.53 Å². The van der Waals surface area contributed by atoms with Crippen LogP contribution in [0.3, 0.4) is 0 Å². The van der Waals surface area contributed by atoms with E-state index in [1.807, 2.05) is 0 Å². The molecule has 0 atom stereocenters. The number of carbonyl (C=O) groups is 1. The Morgan fingerprint density at radius 1 is 1.56 bits per heavy atom. The summed E-state index contributed by atoms with van der Waals surface area (Å²) in [5, 5.41) is 19.3. The number of nitrogens with one attached hydrogen (secondary N) is 1. The van der Waals surface area contributed by atoms with E-state index < -0.39 is 19.0 Å². The van der Waals surface area contributed by atoms with Gasteiger partial charge in [-0.15, -0.1) is 10.2 Å². The lowest BCUT2D eigenvalue weighted by Gasteiger charge is -2.03. The maximum absolute atomic E-state index is 11.7. The molecule has 0 saturated carbocycles. The fourth-order valence-corrected chi connectivity index (χ4v) is 2.36. The van der Waals surface area contributed by atoms with E-state index >= 15 is 0 Å². The molecule has 1 aromatic rings. The van der Waals surface area contributed by atoms with Crippen LogP contribution in [0, 0.1) is 0 Å². The number of alkyl halides is 2. The first-order valence-electron chi connectivity index (χ1n) is 4.86. The number of hydrogen-bond donors (Lipinski definition) is 2. The van der Waals surface area contributed by atoms with Gasteiger partial charge in [-0.2, -0.15) is 0 Å². The molecule has 2 N–H and O–H groups in total.